The van der Waals surface area contributed by atoms with Gasteiger partial charge in [-0.15, -0.1) is 0 Å². The minimum atomic E-state index is -4.40. The van der Waals surface area contributed by atoms with E-state index in [2.05, 4.69) is 20.3 Å². The number of ether oxygens (including phenoxy) is 1. The summed E-state index contributed by atoms with van der Waals surface area (Å²) in [4.78, 5) is 14.7. The molecule has 0 aliphatic carbocycles. The van der Waals surface area contributed by atoms with Crippen LogP contribution < -0.4 is 10.2 Å². The van der Waals surface area contributed by atoms with Crippen LogP contribution in [0, 0.1) is 5.82 Å². The second-order valence-corrected chi connectivity index (χ2v) is 8.53. The molecular formula is C26H27F4N5O. The molecule has 1 aliphatic rings. The van der Waals surface area contributed by atoms with Gasteiger partial charge in [-0.2, -0.15) is 13.2 Å². The Bertz CT molecular complexity index is 1230. The second kappa shape index (κ2) is 11.0. The lowest BCUT2D eigenvalue weighted by Crippen LogP contribution is -2.42. The number of morpholine rings is 1. The maximum absolute atomic E-state index is 14.3. The van der Waals surface area contributed by atoms with E-state index < -0.39 is 17.6 Å². The molecule has 0 bridgehead atoms. The van der Waals surface area contributed by atoms with Crippen molar-refractivity contribution in [1.82, 2.24) is 9.97 Å². The van der Waals surface area contributed by atoms with Gasteiger partial charge in [0.15, 0.2) is 17.5 Å². The molecule has 1 saturated heterocycles. The second-order valence-electron chi connectivity index (χ2n) is 8.53. The summed E-state index contributed by atoms with van der Waals surface area (Å²) in [6.45, 7) is 5.72. The zero-order valence-electron chi connectivity index (χ0n) is 20.0. The highest BCUT2D eigenvalue weighted by Crippen LogP contribution is 2.31. The monoisotopic (exact) mass is 501 g/mol. The number of halogens is 4. The number of nitrogens with zero attached hydrogens (tertiary/aromatic N) is 4. The molecule has 2 heterocycles. The summed E-state index contributed by atoms with van der Waals surface area (Å²) in [7, 11) is 0. The van der Waals surface area contributed by atoms with Crippen LogP contribution in [0.1, 0.15) is 36.4 Å². The number of rotatable bonds is 7. The summed E-state index contributed by atoms with van der Waals surface area (Å²) < 4.78 is 58.8. The van der Waals surface area contributed by atoms with Gasteiger partial charge in [-0.1, -0.05) is 19.1 Å². The Hall–Kier alpha value is -3.53. The molecule has 10 heteroatoms. The van der Waals surface area contributed by atoms with E-state index in [-0.39, 0.29) is 18.5 Å². The van der Waals surface area contributed by atoms with Crippen molar-refractivity contribution in [3.05, 3.63) is 77.0 Å². The molecule has 1 fully saturated rings. The zero-order valence-corrected chi connectivity index (χ0v) is 20.0. The van der Waals surface area contributed by atoms with Gasteiger partial charge in [0.1, 0.15) is 0 Å². The molecule has 1 aliphatic heterocycles. The first-order chi connectivity index (χ1) is 17.2. The van der Waals surface area contributed by atoms with Crippen LogP contribution in [0.4, 0.5) is 34.8 Å². The first-order valence-electron chi connectivity index (χ1n) is 11.7. The summed E-state index contributed by atoms with van der Waals surface area (Å²) >= 11 is 0. The fourth-order valence-electron chi connectivity index (χ4n) is 3.98. The average Bonchev–Trinajstić information content (AvgIpc) is 2.85. The Morgan fingerprint density at radius 2 is 2.00 bits per heavy atom. The quantitative estimate of drug-likeness (QED) is 0.328. The van der Waals surface area contributed by atoms with Crippen molar-refractivity contribution < 1.29 is 22.3 Å². The van der Waals surface area contributed by atoms with Gasteiger partial charge in [0.25, 0.3) is 0 Å². The third kappa shape index (κ3) is 6.37. The molecule has 1 atom stereocenters. The summed E-state index contributed by atoms with van der Waals surface area (Å²) in [5.41, 5.74) is 2.17. The Labute approximate surface area is 207 Å². The number of aromatic nitrogens is 2. The van der Waals surface area contributed by atoms with Crippen molar-refractivity contribution in [2.24, 2.45) is 4.99 Å². The van der Waals surface area contributed by atoms with Crippen LogP contribution in [-0.4, -0.2) is 42.0 Å². The van der Waals surface area contributed by atoms with Crippen LogP contribution in [0.5, 0.6) is 0 Å². The Kier molecular flexibility index (Phi) is 7.83. The van der Waals surface area contributed by atoms with Crippen molar-refractivity contribution in [1.29, 1.82) is 0 Å². The highest BCUT2D eigenvalue weighted by atomic mass is 19.4. The third-order valence-corrected chi connectivity index (χ3v) is 5.78. The molecule has 3 aromatic rings. The molecule has 0 spiro atoms. The van der Waals surface area contributed by atoms with Gasteiger partial charge >= 0.3 is 6.18 Å². The Balaban J connectivity index is 1.45. The van der Waals surface area contributed by atoms with Gasteiger partial charge in [-0.3, -0.25) is 4.99 Å². The summed E-state index contributed by atoms with van der Waals surface area (Å²) in [6, 6.07) is 10.6. The zero-order chi connectivity index (χ0) is 25.7. The fourth-order valence-corrected chi connectivity index (χ4v) is 3.98. The summed E-state index contributed by atoms with van der Waals surface area (Å²) in [5.74, 6) is 0.182. The van der Waals surface area contributed by atoms with Crippen molar-refractivity contribution >= 4 is 23.4 Å². The fraction of sp³-hybridized carbons (Fsp3) is 0.346. The first-order valence-corrected chi connectivity index (χ1v) is 11.7. The predicted octanol–water partition coefficient (Wildman–Crippen LogP) is 5.78. The number of benzene rings is 2. The number of aliphatic imine (C=N–C) groups is 1. The molecule has 0 amide bonds. The van der Waals surface area contributed by atoms with Gasteiger partial charge in [-0.05, 0) is 54.8 Å². The van der Waals surface area contributed by atoms with E-state index in [9.17, 15) is 17.6 Å². The van der Waals surface area contributed by atoms with E-state index in [1.54, 1.807) is 18.3 Å². The maximum Gasteiger partial charge on any atom is 0.416 e. The van der Waals surface area contributed by atoms with Gasteiger partial charge in [0.2, 0.25) is 0 Å². The molecular weight excluding hydrogens is 474 g/mol. The molecule has 1 aromatic heterocycles. The van der Waals surface area contributed by atoms with Crippen molar-refractivity contribution in [3.63, 3.8) is 0 Å². The van der Waals surface area contributed by atoms with Gasteiger partial charge in [0.05, 0.1) is 31.0 Å². The van der Waals surface area contributed by atoms with Gasteiger partial charge in [-0.25, -0.2) is 14.4 Å². The molecule has 4 rings (SSSR count). The number of hydrogen-bond acceptors (Lipinski definition) is 6. The predicted molar refractivity (Wildman–Crippen MR) is 131 cm³/mol. The van der Waals surface area contributed by atoms with Crippen LogP contribution >= 0.6 is 0 Å². The van der Waals surface area contributed by atoms with E-state index in [0.717, 1.165) is 23.3 Å². The number of anilines is 3. The normalized spacial score (nSPS) is 16.5. The molecule has 2 aromatic carbocycles. The lowest BCUT2D eigenvalue weighted by molar-refractivity contribution is -0.137. The van der Waals surface area contributed by atoms with Crippen molar-refractivity contribution in [2.45, 2.75) is 39.1 Å². The number of hydrogen-bond donors (Lipinski definition) is 1. The highest BCUT2D eigenvalue weighted by molar-refractivity contribution is 5.83. The lowest BCUT2D eigenvalue weighted by atomic mass is 10.0. The molecule has 1 unspecified atom stereocenters. The number of alkyl halides is 3. The molecule has 0 radical (unpaired) electrons. The van der Waals surface area contributed by atoms with Gasteiger partial charge < -0.3 is 15.0 Å². The molecule has 6 nitrogen and oxygen atoms in total. The topological polar surface area (TPSA) is 62.6 Å². The van der Waals surface area contributed by atoms with E-state index in [1.807, 2.05) is 30.9 Å². The van der Waals surface area contributed by atoms with E-state index in [4.69, 9.17) is 4.74 Å². The van der Waals surface area contributed by atoms with Crippen molar-refractivity contribution in [2.75, 3.05) is 29.9 Å². The van der Waals surface area contributed by atoms with Gasteiger partial charge in [0, 0.05) is 30.7 Å². The maximum atomic E-state index is 14.3. The molecule has 0 saturated carbocycles. The first kappa shape index (κ1) is 25.6. The largest absolute Gasteiger partial charge is 0.416 e. The number of nitrogens with one attached hydrogen (secondary N) is 1. The van der Waals surface area contributed by atoms with Crippen LogP contribution in [0.3, 0.4) is 0 Å². The lowest BCUT2D eigenvalue weighted by Gasteiger charge is -2.32. The SMILES string of the molecule is CCc1cc(Nc2cccc(C(F)(F)F)c2)ccc1C=NCc1ncc(F)c(N2CCOC(C)C2)n1. The van der Waals surface area contributed by atoms with E-state index in [0.29, 0.717) is 43.3 Å². The Morgan fingerprint density at radius 1 is 1.19 bits per heavy atom. The van der Waals surface area contributed by atoms with Crippen molar-refractivity contribution in [3.8, 4) is 0 Å². The van der Waals surface area contributed by atoms with E-state index in [1.165, 1.54) is 12.3 Å². The molecule has 190 valence electrons. The summed E-state index contributed by atoms with van der Waals surface area (Å²) in [6.07, 6.45) is -0.837. The third-order valence-electron chi connectivity index (χ3n) is 5.78. The minimum Gasteiger partial charge on any atom is -0.375 e. The minimum absolute atomic E-state index is 0.00640. The van der Waals surface area contributed by atoms with Crippen LogP contribution in [-0.2, 0) is 23.9 Å². The average molecular weight is 502 g/mol. The van der Waals surface area contributed by atoms with E-state index >= 15 is 0 Å². The summed E-state index contributed by atoms with van der Waals surface area (Å²) in [5, 5.41) is 3.03. The smallest absolute Gasteiger partial charge is 0.375 e. The molecule has 36 heavy (non-hydrogen) atoms. The molecule has 1 N–H and O–H groups in total. The van der Waals surface area contributed by atoms with Crippen LogP contribution in [0.15, 0.2) is 53.7 Å². The number of aryl methyl sites for hydroxylation is 1. The Morgan fingerprint density at radius 3 is 2.75 bits per heavy atom. The standard InChI is InChI=1S/C26H27F4N5O/c1-3-18-11-22(33-21-6-4-5-20(12-21)26(28,29)30)8-7-19(18)13-31-15-24-32-14-23(27)25(34-24)35-9-10-36-17(2)16-35/h4-8,11-14,17,33H,3,9-10,15-16H2,1-2H3. The van der Waals surface area contributed by atoms with Crippen LogP contribution in [0.2, 0.25) is 0 Å². The van der Waals surface area contributed by atoms with Crippen LogP contribution in [0.25, 0.3) is 0 Å². The highest BCUT2D eigenvalue weighted by Gasteiger charge is 2.30.